The summed E-state index contributed by atoms with van der Waals surface area (Å²) in [6.07, 6.45) is 0. The smallest absolute Gasteiger partial charge is 0.209 e. The highest BCUT2D eigenvalue weighted by Crippen LogP contribution is 2.16. The van der Waals surface area contributed by atoms with E-state index in [9.17, 15) is 12.8 Å². The molecule has 62 valence electrons. The Morgan fingerprint density at radius 2 is 1.90 bits per heavy atom. The molecule has 0 spiro atoms. The zero-order chi connectivity index (χ0) is 8.41. The Balaban J connectivity index is 4.16. The molecular weight excluding hydrogens is 157 g/mol. The molecule has 0 unspecified atom stereocenters. The predicted molar refractivity (Wildman–Crippen MR) is 37.7 cm³/mol. The molecule has 0 amide bonds. The van der Waals surface area contributed by atoms with Crippen molar-refractivity contribution < 1.29 is 12.8 Å². The quantitative estimate of drug-likeness (QED) is 0.659. The fourth-order valence-electron chi connectivity index (χ4n) is 0.583. The molecule has 0 aromatic carbocycles. The molecule has 0 aromatic heterocycles. The van der Waals surface area contributed by atoms with E-state index >= 15 is 0 Å². The van der Waals surface area contributed by atoms with Crippen LogP contribution in [0, 0.1) is 5.41 Å². The van der Waals surface area contributed by atoms with Gasteiger partial charge in [-0.25, -0.2) is 13.6 Å². The van der Waals surface area contributed by atoms with E-state index in [1.54, 1.807) is 0 Å². The Labute approximate surface area is 60.5 Å². The van der Waals surface area contributed by atoms with Crippen molar-refractivity contribution in [3.8, 4) is 0 Å². The molecule has 0 atom stereocenters. The van der Waals surface area contributed by atoms with Crippen molar-refractivity contribution in [2.24, 2.45) is 10.6 Å². The minimum Gasteiger partial charge on any atom is -0.250 e. The summed E-state index contributed by atoms with van der Waals surface area (Å²) in [7, 11) is -3.53. The Bertz CT molecular complexity index is 198. The number of hydrogen-bond acceptors (Lipinski definition) is 2. The highest BCUT2D eigenvalue weighted by Gasteiger charge is 2.23. The summed E-state index contributed by atoms with van der Waals surface area (Å²) >= 11 is 0. The third-order valence-corrected chi connectivity index (χ3v) is 2.14. The second-order valence-electron chi connectivity index (χ2n) is 3.11. The number of sulfonamides is 1. The fourth-order valence-corrected chi connectivity index (χ4v) is 1.75. The van der Waals surface area contributed by atoms with Gasteiger partial charge < -0.3 is 0 Å². The number of hydrogen-bond donors (Lipinski definition) is 1. The molecule has 0 heterocycles. The molecular formula is C5H12FNO2S. The number of primary sulfonamides is 1. The first-order valence-electron chi connectivity index (χ1n) is 2.83. The van der Waals surface area contributed by atoms with Crippen molar-refractivity contribution in [1.82, 2.24) is 0 Å². The lowest BCUT2D eigenvalue weighted by atomic mass is 9.99. The Hall–Kier alpha value is -0.160. The molecule has 0 saturated heterocycles. The highest BCUT2D eigenvalue weighted by molar-refractivity contribution is 7.89. The van der Waals surface area contributed by atoms with Crippen LogP contribution >= 0.6 is 0 Å². The van der Waals surface area contributed by atoms with Crippen LogP contribution in [0.3, 0.4) is 0 Å². The fraction of sp³-hybridized carbons (Fsp3) is 1.00. The predicted octanol–water partition coefficient (Wildman–Crippen LogP) is 0.271. The van der Waals surface area contributed by atoms with E-state index in [2.05, 4.69) is 0 Å². The molecule has 0 saturated carbocycles. The third-order valence-electron chi connectivity index (χ3n) is 0.954. The van der Waals surface area contributed by atoms with E-state index in [0.717, 1.165) is 0 Å². The first-order chi connectivity index (χ1) is 4.27. The maximum Gasteiger partial charge on any atom is 0.209 e. The molecule has 0 bridgehead atoms. The van der Waals surface area contributed by atoms with Crippen LogP contribution in [0.4, 0.5) is 4.39 Å². The largest absolute Gasteiger partial charge is 0.250 e. The van der Waals surface area contributed by atoms with Gasteiger partial charge in [-0.05, 0) is 0 Å². The van der Waals surface area contributed by atoms with Crippen LogP contribution in [-0.2, 0) is 10.0 Å². The number of rotatable bonds is 3. The summed E-state index contributed by atoms with van der Waals surface area (Å²) in [6.45, 7) is 2.35. The molecule has 0 aliphatic rings. The van der Waals surface area contributed by atoms with Crippen LogP contribution in [0.1, 0.15) is 13.8 Å². The SMILES string of the molecule is CC(C)(CF)CS(N)(=O)=O. The standard InChI is InChI=1S/C5H12FNO2S/c1-5(2,3-6)4-10(7,8)9/h3-4H2,1-2H3,(H2,7,8,9). The number of halogens is 1. The van der Waals surface area contributed by atoms with Crippen LogP contribution < -0.4 is 5.14 Å². The van der Waals surface area contributed by atoms with Gasteiger partial charge in [0.05, 0.1) is 12.4 Å². The van der Waals surface area contributed by atoms with E-state index in [1.807, 2.05) is 0 Å². The van der Waals surface area contributed by atoms with Crippen molar-refractivity contribution >= 4 is 10.0 Å². The van der Waals surface area contributed by atoms with Gasteiger partial charge in [0, 0.05) is 5.41 Å². The monoisotopic (exact) mass is 169 g/mol. The molecule has 0 rings (SSSR count). The van der Waals surface area contributed by atoms with E-state index in [0.29, 0.717) is 0 Å². The summed E-state index contributed by atoms with van der Waals surface area (Å²) < 4.78 is 32.8. The van der Waals surface area contributed by atoms with E-state index in [-0.39, 0.29) is 5.75 Å². The number of nitrogens with two attached hydrogens (primary N) is 1. The highest BCUT2D eigenvalue weighted by atomic mass is 32.2. The molecule has 10 heavy (non-hydrogen) atoms. The first-order valence-corrected chi connectivity index (χ1v) is 4.55. The van der Waals surface area contributed by atoms with Gasteiger partial charge in [-0.3, -0.25) is 4.39 Å². The lowest BCUT2D eigenvalue weighted by molar-refractivity contribution is 0.287. The molecule has 0 radical (unpaired) electrons. The maximum absolute atomic E-state index is 12.0. The first kappa shape index (κ1) is 9.84. The van der Waals surface area contributed by atoms with Crippen molar-refractivity contribution in [3.63, 3.8) is 0 Å². The summed E-state index contributed by atoms with van der Waals surface area (Å²) in [4.78, 5) is 0. The summed E-state index contributed by atoms with van der Waals surface area (Å²) in [5.41, 5.74) is -0.854. The van der Waals surface area contributed by atoms with Gasteiger partial charge in [-0.1, -0.05) is 13.8 Å². The Morgan fingerprint density at radius 1 is 1.50 bits per heavy atom. The molecule has 2 N–H and O–H groups in total. The second kappa shape index (κ2) is 2.84. The van der Waals surface area contributed by atoms with Crippen molar-refractivity contribution in [3.05, 3.63) is 0 Å². The van der Waals surface area contributed by atoms with E-state index < -0.39 is 22.1 Å². The van der Waals surface area contributed by atoms with Crippen LogP contribution in [0.5, 0.6) is 0 Å². The van der Waals surface area contributed by atoms with Crippen LogP contribution in [0.25, 0.3) is 0 Å². The Morgan fingerprint density at radius 3 is 2.00 bits per heavy atom. The summed E-state index contributed by atoms with van der Waals surface area (Å²) in [5, 5.41) is 4.70. The molecule has 0 fully saturated rings. The van der Waals surface area contributed by atoms with E-state index in [1.165, 1.54) is 13.8 Å². The van der Waals surface area contributed by atoms with Crippen molar-refractivity contribution in [2.75, 3.05) is 12.4 Å². The van der Waals surface area contributed by atoms with Gasteiger partial charge in [0.1, 0.15) is 0 Å². The van der Waals surface area contributed by atoms with Gasteiger partial charge in [0.15, 0.2) is 0 Å². The topological polar surface area (TPSA) is 60.2 Å². The minimum absolute atomic E-state index is 0.309. The van der Waals surface area contributed by atoms with Crippen LogP contribution in [-0.4, -0.2) is 20.8 Å². The van der Waals surface area contributed by atoms with Crippen molar-refractivity contribution in [1.29, 1.82) is 0 Å². The average Bonchev–Trinajstić information content (AvgIpc) is 1.60. The maximum atomic E-state index is 12.0. The average molecular weight is 169 g/mol. The van der Waals surface area contributed by atoms with Gasteiger partial charge in [-0.2, -0.15) is 0 Å². The van der Waals surface area contributed by atoms with E-state index in [4.69, 9.17) is 5.14 Å². The van der Waals surface area contributed by atoms with Crippen LogP contribution in [0.15, 0.2) is 0 Å². The lowest BCUT2D eigenvalue weighted by Crippen LogP contribution is -2.30. The molecule has 3 nitrogen and oxygen atoms in total. The molecule has 0 aliphatic heterocycles. The molecule has 5 heteroatoms. The van der Waals surface area contributed by atoms with Gasteiger partial charge in [0.2, 0.25) is 10.0 Å². The number of alkyl halides is 1. The lowest BCUT2D eigenvalue weighted by Gasteiger charge is -2.17. The Kier molecular flexibility index (Phi) is 2.79. The summed E-state index contributed by atoms with van der Waals surface area (Å²) in [5.74, 6) is -0.309. The normalized spacial score (nSPS) is 13.6. The second-order valence-corrected chi connectivity index (χ2v) is 4.72. The van der Waals surface area contributed by atoms with Gasteiger partial charge in [0.25, 0.3) is 0 Å². The minimum atomic E-state index is -3.53. The van der Waals surface area contributed by atoms with Gasteiger partial charge in [-0.15, -0.1) is 0 Å². The molecule has 0 aliphatic carbocycles. The van der Waals surface area contributed by atoms with Crippen LogP contribution in [0.2, 0.25) is 0 Å². The molecule has 0 aromatic rings. The van der Waals surface area contributed by atoms with Crippen molar-refractivity contribution in [2.45, 2.75) is 13.8 Å². The summed E-state index contributed by atoms with van der Waals surface area (Å²) in [6, 6.07) is 0. The van der Waals surface area contributed by atoms with Gasteiger partial charge >= 0.3 is 0 Å². The zero-order valence-corrected chi connectivity index (χ0v) is 6.91. The third kappa shape index (κ3) is 4.69. The zero-order valence-electron chi connectivity index (χ0n) is 6.09.